The van der Waals surface area contributed by atoms with Crippen LogP contribution in [0.3, 0.4) is 0 Å². The first kappa shape index (κ1) is 16.0. The molecule has 1 heterocycles. The van der Waals surface area contributed by atoms with Crippen LogP contribution in [0.15, 0.2) is 36.5 Å². The highest BCUT2D eigenvalue weighted by Crippen LogP contribution is 2.19. The number of hydrogen-bond acceptors (Lipinski definition) is 3. The summed E-state index contributed by atoms with van der Waals surface area (Å²) in [5, 5.41) is 3.54. The van der Waals surface area contributed by atoms with E-state index in [0.29, 0.717) is 17.1 Å². The van der Waals surface area contributed by atoms with E-state index in [2.05, 4.69) is 32.9 Å². The molecule has 0 atom stereocenters. The van der Waals surface area contributed by atoms with Gasteiger partial charge in [0.2, 0.25) is 0 Å². The minimum Gasteiger partial charge on any atom is -0.362 e. The van der Waals surface area contributed by atoms with Crippen LogP contribution in [-0.2, 0) is 6.54 Å². The third-order valence-electron chi connectivity index (χ3n) is 2.91. The average molecular weight is 416 g/mol. The molecule has 0 spiro atoms. The Hall–Kier alpha value is -1.34. The molecule has 0 fully saturated rings. The van der Waals surface area contributed by atoms with Crippen molar-refractivity contribution in [1.82, 2.24) is 10.3 Å². The predicted octanol–water partition coefficient (Wildman–Crippen LogP) is 3.34. The van der Waals surface area contributed by atoms with Crippen LogP contribution in [0.4, 0.5) is 5.82 Å². The van der Waals surface area contributed by atoms with Crippen molar-refractivity contribution in [2.24, 2.45) is 0 Å². The monoisotopic (exact) mass is 415 g/mol. The fourth-order valence-electron chi connectivity index (χ4n) is 1.92. The number of halogens is 2. The van der Waals surface area contributed by atoms with Gasteiger partial charge in [-0.15, -0.1) is 0 Å². The predicted molar refractivity (Wildman–Crippen MR) is 93.9 cm³/mol. The smallest absolute Gasteiger partial charge is 0.252 e. The SMILES string of the molecule is CN(C)c1ncccc1CNC(=O)c1ccc(Cl)cc1I. The van der Waals surface area contributed by atoms with Crippen molar-refractivity contribution >= 4 is 45.9 Å². The Morgan fingerprint density at radius 1 is 1.38 bits per heavy atom. The van der Waals surface area contributed by atoms with Crippen LogP contribution in [0.2, 0.25) is 5.02 Å². The molecule has 0 saturated carbocycles. The number of anilines is 1. The van der Waals surface area contributed by atoms with Crippen molar-refractivity contribution < 1.29 is 4.79 Å². The van der Waals surface area contributed by atoms with Gasteiger partial charge in [0.15, 0.2) is 0 Å². The fraction of sp³-hybridized carbons (Fsp3) is 0.200. The van der Waals surface area contributed by atoms with Gasteiger partial charge in [-0.25, -0.2) is 4.98 Å². The van der Waals surface area contributed by atoms with Gasteiger partial charge >= 0.3 is 0 Å². The zero-order valence-corrected chi connectivity index (χ0v) is 14.6. The quantitative estimate of drug-likeness (QED) is 0.779. The number of rotatable bonds is 4. The van der Waals surface area contributed by atoms with Gasteiger partial charge in [-0.1, -0.05) is 17.7 Å². The minimum atomic E-state index is -0.121. The number of nitrogens with zero attached hydrogens (tertiary/aromatic N) is 2. The molecule has 0 bridgehead atoms. The number of nitrogens with one attached hydrogen (secondary N) is 1. The maximum absolute atomic E-state index is 12.2. The van der Waals surface area contributed by atoms with Crippen LogP contribution < -0.4 is 10.2 Å². The summed E-state index contributed by atoms with van der Waals surface area (Å²) in [4.78, 5) is 18.5. The second-order valence-electron chi connectivity index (χ2n) is 4.69. The Kier molecular flexibility index (Phi) is 5.41. The third kappa shape index (κ3) is 4.07. The number of aromatic nitrogens is 1. The summed E-state index contributed by atoms with van der Waals surface area (Å²) in [6.45, 7) is 0.429. The summed E-state index contributed by atoms with van der Waals surface area (Å²) < 4.78 is 0.830. The Morgan fingerprint density at radius 2 is 2.14 bits per heavy atom. The maximum Gasteiger partial charge on any atom is 0.252 e. The van der Waals surface area contributed by atoms with E-state index in [-0.39, 0.29) is 5.91 Å². The lowest BCUT2D eigenvalue weighted by Gasteiger charge is -2.16. The van der Waals surface area contributed by atoms with Crippen LogP contribution >= 0.6 is 34.2 Å². The molecule has 1 aromatic carbocycles. The Balaban J connectivity index is 2.11. The molecule has 1 N–H and O–H groups in total. The van der Waals surface area contributed by atoms with Crippen LogP contribution in [0.1, 0.15) is 15.9 Å². The Labute approximate surface area is 142 Å². The van der Waals surface area contributed by atoms with Gasteiger partial charge in [-0.05, 0) is 46.9 Å². The molecule has 2 rings (SSSR count). The van der Waals surface area contributed by atoms with Gasteiger partial charge in [0.25, 0.3) is 5.91 Å². The van der Waals surface area contributed by atoms with Crippen molar-refractivity contribution in [3.8, 4) is 0 Å². The van der Waals surface area contributed by atoms with Gasteiger partial charge in [-0.3, -0.25) is 4.79 Å². The molecule has 6 heteroatoms. The van der Waals surface area contributed by atoms with E-state index >= 15 is 0 Å². The molecule has 0 radical (unpaired) electrons. The average Bonchev–Trinajstić information content (AvgIpc) is 2.45. The molecule has 2 aromatic rings. The van der Waals surface area contributed by atoms with Gasteiger partial charge in [0.1, 0.15) is 5.82 Å². The summed E-state index contributed by atoms with van der Waals surface area (Å²) >= 11 is 8.01. The van der Waals surface area contributed by atoms with E-state index < -0.39 is 0 Å². The van der Waals surface area contributed by atoms with Crippen molar-refractivity contribution in [2.45, 2.75) is 6.54 Å². The van der Waals surface area contributed by atoms with Gasteiger partial charge in [-0.2, -0.15) is 0 Å². The first-order chi connectivity index (χ1) is 9.99. The summed E-state index contributed by atoms with van der Waals surface area (Å²) in [7, 11) is 3.85. The van der Waals surface area contributed by atoms with E-state index in [1.807, 2.05) is 31.1 Å². The maximum atomic E-state index is 12.2. The first-order valence-corrected chi connectivity index (χ1v) is 7.79. The normalized spacial score (nSPS) is 10.3. The van der Waals surface area contributed by atoms with Crippen LogP contribution in [0, 0.1) is 3.57 Å². The lowest BCUT2D eigenvalue weighted by molar-refractivity contribution is 0.0950. The highest BCUT2D eigenvalue weighted by Gasteiger charge is 2.11. The van der Waals surface area contributed by atoms with Gasteiger partial charge < -0.3 is 10.2 Å². The van der Waals surface area contributed by atoms with E-state index in [1.165, 1.54) is 0 Å². The number of pyridine rings is 1. The number of carbonyl (C=O) groups is 1. The Morgan fingerprint density at radius 3 is 2.81 bits per heavy atom. The molecule has 21 heavy (non-hydrogen) atoms. The van der Waals surface area contributed by atoms with E-state index in [0.717, 1.165) is 15.0 Å². The molecule has 0 unspecified atom stereocenters. The van der Waals surface area contributed by atoms with Crippen LogP contribution in [-0.4, -0.2) is 25.0 Å². The lowest BCUT2D eigenvalue weighted by Crippen LogP contribution is -2.25. The zero-order chi connectivity index (χ0) is 15.4. The zero-order valence-electron chi connectivity index (χ0n) is 11.7. The molecule has 0 aliphatic carbocycles. The van der Waals surface area contributed by atoms with Crippen molar-refractivity contribution in [1.29, 1.82) is 0 Å². The number of benzene rings is 1. The first-order valence-electron chi connectivity index (χ1n) is 6.33. The number of carbonyl (C=O) groups excluding carboxylic acids is 1. The molecular weight excluding hydrogens is 401 g/mol. The number of amides is 1. The molecule has 0 aliphatic heterocycles. The lowest BCUT2D eigenvalue weighted by atomic mass is 10.2. The molecule has 110 valence electrons. The largest absolute Gasteiger partial charge is 0.362 e. The van der Waals surface area contributed by atoms with Crippen molar-refractivity contribution in [3.63, 3.8) is 0 Å². The molecule has 0 aliphatic rings. The summed E-state index contributed by atoms with van der Waals surface area (Å²) in [5.41, 5.74) is 1.59. The molecular formula is C15H15ClIN3O. The van der Waals surface area contributed by atoms with Crippen molar-refractivity contribution in [3.05, 3.63) is 56.2 Å². The molecule has 1 aromatic heterocycles. The van der Waals surface area contributed by atoms with E-state index in [9.17, 15) is 4.79 Å². The fourth-order valence-corrected chi connectivity index (χ4v) is 3.03. The summed E-state index contributed by atoms with van der Waals surface area (Å²) in [6, 6.07) is 9.03. The van der Waals surface area contributed by atoms with E-state index in [4.69, 9.17) is 11.6 Å². The van der Waals surface area contributed by atoms with Gasteiger partial charge in [0.05, 0.1) is 5.56 Å². The number of hydrogen-bond donors (Lipinski definition) is 1. The second-order valence-corrected chi connectivity index (χ2v) is 6.29. The Bertz CT molecular complexity index is 661. The molecule has 4 nitrogen and oxygen atoms in total. The highest BCUT2D eigenvalue weighted by molar-refractivity contribution is 14.1. The topological polar surface area (TPSA) is 45.2 Å². The second kappa shape index (κ2) is 7.09. The molecule has 1 amide bonds. The highest BCUT2D eigenvalue weighted by atomic mass is 127. The molecule has 0 saturated heterocycles. The minimum absolute atomic E-state index is 0.121. The van der Waals surface area contributed by atoms with E-state index in [1.54, 1.807) is 24.4 Å². The third-order valence-corrected chi connectivity index (χ3v) is 4.03. The van der Waals surface area contributed by atoms with Gasteiger partial charge in [0, 0.05) is 41.0 Å². The summed E-state index contributed by atoms with van der Waals surface area (Å²) in [6.07, 6.45) is 1.74. The van der Waals surface area contributed by atoms with Crippen molar-refractivity contribution in [2.75, 3.05) is 19.0 Å². The summed E-state index contributed by atoms with van der Waals surface area (Å²) in [5.74, 6) is 0.730. The standard InChI is InChI=1S/C15H15ClIN3O/c1-20(2)14-10(4-3-7-18-14)9-19-15(21)12-6-5-11(16)8-13(12)17/h3-8H,9H2,1-2H3,(H,19,21). The van der Waals surface area contributed by atoms with Crippen LogP contribution in [0.5, 0.6) is 0 Å². The van der Waals surface area contributed by atoms with Crippen LogP contribution in [0.25, 0.3) is 0 Å².